The molecule has 1 aliphatic heterocycles. The van der Waals surface area contributed by atoms with Crippen molar-refractivity contribution < 1.29 is 18.0 Å². The second kappa shape index (κ2) is 5.83. The average Bonchev–Trinajstić information content (AvgIpc) is 2.40. The van der Waals surface area contributed by atoms with Crippen molar-refractivity contribution in [3.05, 3.63) is 35.4 Å². The molecule has 1 saturated heterocycles. The summed E-state index contributed by atoms with van der Waals surface area (Å²) in [4.78, 5) is 13.0. The smallest absolute Gasteiger partial charge is 0.344 e. The number of nitrogens with one attached hydrogen (secondary N) is 1. The van der Waals surface area contributed by atoms with Crippen LogP contribution in [0.4, 0.5) is 13.2 Å². The van der Waals surface area contributed by atoms with Gasteiger partial charge in [-0.3, -0.25) is 4.79 Å². The molecule has 1 atom stereocenters. The molecule has 0 spiro atoms. The van der Waals surface area contributed by atoms with Gasteiger partial charge in [-0.1, -0.05) is 12.1 Å². The van der Waals surface area contributed by atoms with Gasteiger partial charge in [0, 0.05) is 32.6 Å². The third kappa shape index (κ3) is 3.72. The van der Waals surface area contributed by atoms with Gasteiger partial charge in [0.15, 0.2) is 0 Å². The Balaban J connectivity index is 1.87. The molecule has 3 nitrogen and oxygen atoms in total. The molecule has 0 aromatic heterocycles. The topological polar surface area (TPSA) is 32.3 Å². The summed E-state index contributed by atoms with van der Waals surface area (Å²) in [6.07, 6.45) is -3.01. The number of hydrogen-bond acceptors (Lipinski definition) is 2. The second-order valence-electron chi connectivity index (χ2n) is 5.09. The van der Waals surface area contributed by atoms with E-state index in [4.69, 9.17) is 0 Å². The zero-order valence-corrected chi connectivity index (χ0v) is 11.2. The molecule has 0 aliphatic carbocycles. The van der Waals surface area contributed by atoms with E-state index in [2.05, 4.69) is 5.32 Å². The predicted molar refractivity (Wildman–Crippen MR) is 68.9 cm³/mol. The van der Waals surface area contributed by atoms with E-state index in [-0.39, 0.29) is 11.9 Å². The van der Waals surface area contributed by atoms with E-state index in [0.29, 0.717) is 19.5 Å². The van der Waals surface area contributed by atoms with Gasteiger partial charge in [-0.15, -0.1) is 0 Å². The van der Waals surface area contributed by atoms with Crippen LogP contribution in [0.3, 0.4) is 0 Å². The Morgan fingerprint density at radius 1 is 1.30 bits per heavy atom. The van der Waals surface area contributed by atoms with Gasteiger partial charge in [0.05, 0.1) is 5.56 Å². The van der Waals surface area contributed by atoms with Crippen LogP contribution in [0.1, 0.15) is 24.0 Å². The highest BCUT2D eigenvalue weighted by Crippen LogP contribution is 2.29. The number of amides is 1. The van der Waals surface area contributed by atoms with Crippen LogP contribution in [0.2, 0.25) is 0 Å². The predicted octanol–water partition coefficient (Wildman–Crippen LogP) is 2.42. The number of carbonyl (C=O) groups excluding carboxylic acids is 1. The summed E-state index contributed by atoms with van der Waals surface area (Å²) in [5.74, 6) is 0.137. The Bertz CT molecular complexity index is 470. The van der Waals surface area contributed by atoms with Gasteiger partial charge in [-0.05, 0) is 24.1 Å². The first-order chi connectivity index (χ1) is 9.36. The average molecular weight is 286 g/mol. The highest BCUT2D eigenvalue weighted by molar-refractivity contribution is 5.76. The van der Waals surface area contributed by atoms with Crippen LogP contribution in [0.5, 0.6) is 0 Å². The third-order valence-corrected chi connectivity index (χ3v) is 3.50. The quantitative estimate of drug-likeness (QED) is 0.925. The monoisotopic (exact) mass is 286 g/mol. The minimum atomic E-state index is -4.29. The normalized spacial score (nSPS) is 20.3. The molecule has 1 unspecified atom stereocenters. The number of alkyl halides is 3. The number of hydrogen-bond donors (Lipinski definition) is 1. The molecule has 1 aliphatic rings. The number of benzene rings is 1. The first kappa shape index (κ1) is 14.8. The first-order valence-corrected chi connectivity index (χ1v) is 6.50. The fourth-order valence-electron chi connectivity index (χ4n) is 2.25. The van der Waals surface area contributed by atoms with Crippen molar-refractivity contribution in [3.8, 4) is 0 Å². The minimum absolute atomic E-state index is 0.137. The van der Waals surface area contributed by atoms with Crippen molar-refractivity contribution in [2.75, 3.05) is 13.6 Å². The van der Waals surface area contributed by atoms with Gasteiger partial charge in [-0.2, -0.15) is 13.2 Å². The van der Waals surface area contributed by atoms with Crippen LogP contribution in [0.25, 0.3) is 0 Å². The van der Waals surface area contributed by atoms with Crippen LogP contribution >= 0.6 is 0 Å². The molecular formula is C14H17F3N2O. The number of piperidine rings is 1. The minimum Gasteiger partial charge on any atom is -0.344 e. The Morgan fingerprint density at radius 2 is 1.95 bits per heavy atom. The van der Waals surface area contributed by atoms with Crippen molar-refractivity contribution in [3.63, 3.8) is 0 Å². The van der Waals surface area contributed by atoms with E-state index < -0.39 is 11.7 Å². The maximum absolute atomic E-state index is 12.4. The fraction of sp³-hybridized carbons (Fsp3) is 0.500. The fourth-order valence-corrected chi connectivity index (χ4v) is 2.25. The van der Waals surface area contributed by atoms with E-state index in [0.717, 1.165) is 24.1 Å². The molecule has 0 saturated carbocycles. The molecule has 6 heteroatoms. The molecule has 1 amide bonds. The zero-order chi connectivity index (χ0) is 14.8. The molecule has 0 radical (unpaired) electrons. The van der Waals surface area contributed by atoms with Crippen LogP contribution in [-0.4, -0.2) is 30.4 Å². The molecular weight excluding hydrogens is 269 g/mol. The van der Waals surface area contributed by atoms with Crippen molar-refractivity contribution in [1.29, 1.82) is 0 Å². The summed E-state index contributed by atoms with van der Waals surface area (Å²) in [6.45, 7) is 1.14. The lowest BCUT2D eigenvalue weighted by Crippen LogP contribution is -2.46. The molecule has 1 aromatic carbocycles. The lowest BCUT2D eigenvalue weighted by Gasteiger charge is -2.30. The number of likely N-dealkylation sites (tertiary alicyclic amines) is 1. The van der Waals surface area contributed by atoms with Gasteiger partial charge in [0.25, 0.3) is 0 Å². The van der Waals surface area contributed by atoms with Crippen molar-refractivity contribution in [2.24, 2.45) is 0 Å². The Kier molecular flexibility index (Phi) is 4.32. The number of carbonyl (C=O) groups is 1. The van der Waals surface area contributed by atoms with Crippen molar-refractivity contribution in [1.82, 2.24) is 10.2 Å². The maximum atomic E-state index is 12.4. The first-order valence-electron chi connectivity index (χ1n) is 6.50. The lowest BCUT2D eigenvalue weighted by atomic mass is 10.0. The lowest BCUT2D eigenvalue weighted by molar-refractivity contribution is -0.137. The van der Waals surface area contributed by atoms with Gasteiger partial charge < -0.3 is 10.2 Å². The molecule has 110 valence electrons. The van der Waals surface area contributed by atoms with Gasteiger partial charge >= 0.3 is 6.18 Å². The van der Waals surface area contributed by atoms with E-state index in [1.54, 1.807) is 11.9 Å². The van der Waals surface area contributed by atoms with Gasteiger partial charge in [0.1, 0.15) is 0 Å². The molecule has 0 bridgehead atoms. The summed E-state index contributed by atoms with van der Waals surface area (Å²) in [6, 6.07) is 5.34. The van der Waals surface area contributed by atoms with E-state index in [9.17, 15) is 18.0 Å². The van der Waals surface area contributed by atoms with Crippen LogP contribution in [0, 0.1) is 0 Å². The number of likely N-dealkylation sites (N-methyl/N-ethyl adjacent to an activating group) is 1. The number of rotatable bonds is 3. The van der Waals surface area contributed by atoms with Crippen LogP contribution < -0.4 is 5.32 Å². The van der Waals surface area contributed by atoms with Crippen LogP contribution in [0.15, 0.2) is 24.3 Å². The summed E-state index contributed by atoms with van der Waals surface area (Å²) in [7, 11) is 1.76. The summed E-state index contributed by atoms with van der Waals surface area (Å²) >= 11 is 0. The summed E-state index contributed by atoms with van der Waals surface area (Å²) < 4.78 is 37.3. The zero-order valence-electron chi connectivity index (χ0n) is 11.2. The standard InChI is InChI=1S/C14H17F3N2O/c1-19-9-12(6-7-13(19)20)18-8-10-2-4-11(5-3-10)14(15,16)17/h2-5,12,18H,6-9H2,1H3. The molecule has 20 heavy (non-hydrogen) atoms. The molecule has 1 heterocycles. The van der Waals surface area contributed by atoms with Crippen molar-refractivity contribution in [2.45, 2.75) is 31.6 Å². The second-order valence-corrected chi connectivity index (χ2v) is 5.09. The maximum Gasteiger partial charge on any atom is 0.416 e. The summed E-state index contributed by atoms with van der Waals surface area (Å²) in [5.41, 5.74) is 0.168. The molecule has 2 rings (SSSR count). The Labute approximate surface area is 115 Å². The van der Waals surface area contributed by atoms with Gasteiger partial charge in [-0.25, -0.2) is 0 Å². The van der Waals surface area contributed by atoms with E-state index in [1.165, 1.54) is 12.1 Å². The Morgan fingerprint density at radius 3 is 2.50 bits per heavy atom. The van der Waals surface area contributed by atoms with Crippen LogP contribution in [-0.2, 0) is 17.5 Å². The van der Waals surface area contributed by atoms with E-state index in [1.807, 2.05) is 0 Å². The molecule has 1 fully saturated rings. The Hall–Kier alpha value is -1.56. The highest BCUT2D eigenvalue weighted by atomic mass is 19.4. The largest absolute Gasteiger partial charge is 0.416 e. The number of halogens is 3. The third-order valence-electron chi connectivity index (χ3n) is 3.50. The molecule has 1 aromatic rings. The number of nitrogens with zero attached hydrogens (tertiary/aromatic N) is 1. The van der Waals surface area contributed by atoms with Crippen molar-refractivity contribution >= 4 is 5.91 Å². The van der Waals surface area contributed by atoms with Gasteiger partial charge in [0.2, 0.25) is 5.91 Å². The summed E-state index contributed by atoms with van der Waals surface area (Å²) in [5, 5.41) is 3.27. The van der Waals surface area contributed by atoms with E-state index >= 15 is 0 Å². The highest BCUT2D eigenvalue weighted by Gasteiger charge is 2.30. The SMILES string of the molecule is CN1CC(NCc2ccc(C(F)(F)F)cc2)CCC1=O. The molecule has 1 N–H and O–H groups in total.